The molecule has 1 saturated heterocycles. The largest absolute Gasteiger partial charge is 0.352 e. The lowest BCUT2D eigenvalue weighted by Crippen LogP contribution is -2.50. The van der Waals surface area contributed by atoms with E-state index < -0.39 is 0 Å². The molecular formula is C20H19ClN6O. The van der Waals surface area contributed by atoms with Crippen LogP contribution in [-0.4, -0.2) is 52.3 Å². The highest BCUT2D eigenvalue weighted by atomic mass is 35.5. The van der Waals surface area contributed by atoms with Crippen molar-refractivity contribution in [2.75, 3.05) is 36.4 Å². The van der Waals surface area contributed by atoms with Crippen molar-refractivity contribution in [2.45, 2.75) is 0 Å². The van der Waals surface area contributed by atoms with Gasteiger partial charge in [0.15, 0.2) is 5.82 Å². The first-order chi connectivity index (χ1) is 13.7. The van der Waals surface area contributed by atoms with Gasteiger partial charge >= 0.3 is 6.03 Å². The van der Waals surface area contributed by atoms with Crippen LogP contribution >= 0.6 is 11.6 Å². The normalized spacial score (nSPS) is 14.0. The lowest BCUT2D eigenvalue weighted by Gasteiger charge is -2.35. The quantitative estimate of drug-likeness (QED) is 0.735. The molecule has 3 heterocycles. The van der Waals surface area contributed by atoms with E-state index in [0.29, 0.717) is 31.2 Å². The minimum absolute atomic E-state index is 0.110. The van der Waals surface area contributed by atoms with Gasteiger partial charge in [-0.15, -0.1) is 10.2 Å². The number of pyridine rings is 1. The minimum atomic E-state index is -0.110. The van der Waals surface area contributed by atoms with Gasteiger partial charge in [0.05, 0.1) is 5.69 Å². The molecule has 1 aromatic carbocycles. The fourth-order valence-corrected chi connectivity index (χ4v) is 3.17. The maximum atomic E-state index is 12.4. The number of nitrogens with zero attached hydrogens (tertiary/aromatic N) is 5. The number of amides is 2. The minimum Gasteiger partial charge on any atom is -0.352 e. The molecule has 28 heavy (non-hydrogen) atoms. The van der Waals surface area contributed by atoms with E-state index in [1.54, 1.807) is 41.6 Å². The molecule has 1 aliphatic rings. The highest BCUT2D eigenvalue weighted by Crippen LogP contribution is 2.19. The first-order valence-electron chi connectivity index (χ1n) is 8.99. The lowest BCUT2D eigenvalue weighted by atomic mass is 10.2. The van der Waals surface area contributed by atoms with Crippen molar-refractivity contribution in [2.24, 2.45) is 0 Å². The molecule has 0 bridgehead atoms. The zero-order valence-electron chi connectivity index (χ0n) is 15.1. The first-order valence-corrected chi connectivity index (χ1v) is 9.37. The Bertz CT molecular complexity index is 925. The second-order valence-corrected chi connectivity index (χ2v) is 6.86. The van der Waals surface area contributed by atoms with Gasteiger partial charge in [-0.2, -0.15) is 0 Å². The van der Waals surface area contributed by atoms with Crippen LogP contribution < -0.4 is 10.2 Å². The van der Waals surface area contributed by atoms with Crippen molar-refractivity contribution in [1.82, 2.24) is 20.1 Å². The monoisotopic (exact) mass is 394 g/mol. The van der Waals surface area contributed by atoms with E-state index in [1.807, 2.05) is 24.3 Å². The molecule has 0 atom stereocenters. The Morgan fingerprint density at radius 1 is 0.893 bits per heavy atom. The number of carbonyl (C=O) groups is 1. The van der Waals surface area contributed by atoms with Crippen molar-refractivity contribution in [3.8, 4) is 11.3 Å². The summed E-state index contributed by atoms with van der Waals surface area (Å²) in [7, 11) is 0. The number of benzene rings is 1. The van der Waals surface area contributed by atoms with Crippen LogP contribution in [0.4, 0.5) is 16.3 Å². The van der Waals surface area contributed by atoms with Gasteiger partial charge in [0.25, 0.3) is 0 Å². The summed E-state index contributed by atoms with van der Waals surface area (Å²) in [6.45, 7) is 2.65. The molecule has 3 aromatic rings. The fourth-order valence-electron chi connectivity index (χ4n) is 3.04. The van der Waals surface area contributed by atoms with Gasteiger partial charge in [-0.05, 0) is 48.5 Å². The molecule has 0 radical (unpaired) electrons. The number of nitrogens with one attached hydrogen (secondary N) is 1. The van der Waals surface area contributed by atoms with Crippen molar-refractivity contribution < 1.29 is 4.79 Å². The summed E-state index contributed by atoms with van der Waals surface area (Å²) in [5, 5.41) is 12.2. The summed E-state index contributed by atoms with van der Waals surface area (Å²) in [6.07, 6.45) is 3.47. The smallest absolute Gasteiger partial charge is 0.321 e. The predicted molar refractivity (Wildman–Crippen MR) is 110 cm³/mol. The van der Waals surface area contributed by atoms with Crippen molar-refractivity contribution in [1.29, 1.82) is 0 Å². The maximum Gasteiger partial charge on any atom is 0.321 e. The predicted octanol–water partition coefficient (Wildman–Crippen LogP) is 3.55. The van der Waals surface area contributed by atoms with E-state index >= 15 is 0 Å². The molecule has 0 aliphatic carbocycles. The fraction of sp³-hybridized carbons (Fsp3) is 0.200. The summed E-state index contributed by atoms with van der Waals surface area (Å²) < 4.78 is 0. The number of anilines is 2. The van der Waals surface area contributed by atoms with E-state index in [-0.39, 0.29) is 6.03 Å². The summed E-state index contributed by atoms with van der Waals surface area (Å²) in [6, 6.07) is 14.7. The number of piperazine rings is 1. The zero-order chi connectivity index (χ0) is 19.3. The molecule has 7 nitrogen and oxygen atoms in total. The molecule has 142 valence electrons. The number of halogens is 1. The standard InChI is InChI=1S/C20H19ClN6O/c21-16-1-3-17(4-2-16)23-20(28)27-13-11-26(12-14-27)19-6-5-18(24-25-19)15-7-9-22-10-8-15/h1-10H,11-14H2,(H,23,28). The van der Waals surface area contributed by atoms with Gasteiger partial charge in [0, 0.05) is 54.8 Å². The molecule has 2 aromatic heterocycles. The van der Waals surface area contributed by atoms with Crippen molar-refractivity contribution in [3.63, 3.8) is 0 Å². The van der Waals surface area contributed by atoms with Crippen molar-refractivity contribution >= 4 is 29.1 Å². The zero-order valence-corrected chi connectivity index (χ0v) is 15.9. The Morgan fingerprint density at radius 3 is 2.25 bits per heavy atom. The molecule has 1 N–H and O–H groups in total. The molecule has 0 saturated carbocycles. The van der Waals surface area contributed by atoms with Crippen LogP contribution in [0.25, 0.3) is 11.3 Å². The SMILES string of the molecule is O=C(Nc1ccc(Cl)cc1)N1CCN(c2ccc(-c3ccncc3)nn2)CC1. The Kier molecular flexibility index (Phi) is 5.34. The molecule has 2 amide bonds. The molecule has 1 aliphatic heterocycles. The van der Waals surface area contributed by atoms with Gasteiger partial charge in [0.2, 0.25) is 0 Å². The molecule has 0 unspecified atom stereocenters. The third-order valence-electron chi connectivity index (χ3n) is 4.61. The van der Waals surface area contributed by atoms with E-state index in [9.17, 15) is 4.79 Å². The Hall–Kier alpha value is -3.19. The van der Waals surface area contributed by atoms with Crippen LogP contribution in [0.3, 0.4) is 0 Å². The van der Waals surface area contributed by atoms with Gasteiger partial charge in [-0.25, -0.2) is 4.79 Å². The average Bonchev–Trinajstić information content (AvgIpc) is 2.76. The highest BCUT2D eigenvalue weighted by Gasteiger charge is 2.22. The summed E-state index contributed by atoms with van der Waals surface area (Å²) in [4.78, 5) is 20.4. The van der Waals surface area contributed by atoms with Crippen LogP contribution in [0.5, 0.6) is 0 Å². The Labute approximate surface area is 168 Å². The Balaban J connectivity index is 1.33. The Morgan fingerprint density at radius 2 is 1.61 bits per heavy atom. The van der Waals surface area contributed by atoms with Gasteiger partial charge in [0.1, 0.15) is 0 Å². The van der Waals surface area contributed by atoms with Crippen LogP contribution in [0.2, 0.25) is 5.02 Å². The second-order valence-electron chi connectivity index (χ2n) is 6.42. The maximum absolute atomic E-state index is 12.4. The molecule has 0 spiro atoms. The number of hydrogen-bond acceptors (Lipinski definition) is 5. The summed E-state index contributed by atoms with van der Waals surface area (Å²) in [5.74, 6) is 0.815. The molecular weight excluding hydrogens is 376 g/mol. The van der Waals surface area contributed by atoms with E-state index in [0.717, 1.165) is 22.8 Å². The molecule has 8 heteroatoms. The van der Waals surface area contributed by atoms with Crippen molar-refractivity contribution in [3.05, 3.63) is 65.9 Å². The van der Waals surface area contributed by atoms with E-state index in [1.165, 1.54) is 0 Å². The van der Waals surface area contributed by atoms with Gasteiger partial charge in [-0.1, -0.05) is 11.6 Å². The van der Waals surface area contributed by atoms with Gasteiger partial charge in [-0.3, -0.25) is 4.98 Å². The summed E-state index contributed by atoms with van der Waals surface area (Å²) >= 11 is 5.87. The van der Waals surface area contributed by atoms with Gasteiger partial charge < -0.3 is 15.1 Å². The van der Waals surface area contributed by atoms with Crippen LogP contribution in [0.1, 0.15) is 0 Å². The second kappa shape index (κ2) is 8.22. The van der Waals surface area contributed by atoms with Crippen LogP contribution in [0.15, 0.2) is 60.9 Å². The van der Waals surface area contributed by atoms with Crippen LogP contribution in [-0.2, 0) is 0 Å². The number of carbonyl (C=O) groups excluding carboxylic acids is 1. The van der Waals surface area contributed by atoms with Crippen LogP contribution in [0, 0.1) is 0 Å². The molecule has 4 rings (SSSR count). The molecule has 1 fully saturated rings. The highest BCUT2D eigenvalue weighted by molar-refractivity contribution is 6.30. The lowest BCUT2D eigenvalue weighted by molar-refractivity contribution is 0.208. The number of hydrogen-bond donors (Lipinski definition) is 1. The third kappa shape index (κ3) is 4.20. The van der Waals surface area contributed by atoms with E-state index in [4.69, 9.17) is 11.6 Å². The average molecular weight is 395 g/mol. The third-order valence-corrected chi connectivity index (χ3v) is 4.86. The first kappa shape index (κ1) is 18.2. The number of urea groups is 1. The topological polar surface area (TPSA) is 74.2 Å². The summed E-state index contributed by atoms with van der Waals surface area (Å²) in [5.41, 5.74) is 2.53. The number of aromatic nitrogens is 3. The number of rotatable bonds is 3. The van der Waals surface area contributed by atoms with E-state index in [2.05, 4.69) is 25.4 Å².